The summed E-state index contributed by atoms with van der Waals surface area (Å²) in [5.41, 5.74) is -0.417. The van der Waals surface area contributed by atoms with Gasteiger partial charge in [-0.2, -0.15) is 0 Å². The Morgan fingerprint density at radius 2 is 1.60 bits per heavy atom. The van der Waals surface area contributed by atoms with Gasteiger partial charge in [-0.25, -0.2) is 4.79 Å². The van der Waals surface area contributed by atoms with Gasteiger partial charge in [0.1, 0.15) is 6.10 Å². The topological polar surface area (TPSA) is 73.3 Å². The van der Waals surface area contributed by atoms with E-state index in [-0.39, 0.29) is 11.7 Å². The Kier molecular flexibility index (Phi) is 5.67. The van der Waals surface area contributed by atoms with E-state index in [4.69, 9.17) is 9.16 Å². The molecular formula is C23H24N2O4Si. The summed E-state index contributed by atoms with van der Waals surface area (Å²) < 4.78 is 14.0. The molecule has 0 fully saturated rings. The number of rotatable bonds is 6. The van der Waals surface area contributed by atoms with Gasteiger partial charge in [-0.05, 0) is 29.9 Å². The van der Waals surface area contributed by atoms with Crippen LogP contribution in [0.25, 0.3) is 0 Å². The van der Waals surface area contributed by atoms with Gasteiger partial charge in [0.25, 0.3) is 13.9 Å². The minimum absolute atomic E-state index is 0.284. The molecular weight excluding hydrogens is 396 g/mol. The summed E-state index contributed by atoms with van der Waals surface area (Å²) in [5, 5.41) is 2.37. The molecule has 0 unspecified atom stereocenters. The van der Waals surface area contributed by atoms with Crippen LogP contribution in [0.1, 0.15) is 11.8 Å². The van der Waals surface area contributed by atoms with Gasteiger partial charge in [0.15, 0.2) is 6.23 Å². The lowest BCUT2D eigenvalue weighted by Gasteiger charge is -2.30. The van der Waals surface area contributed by atoms with Crippen molar-refractivity contribution in [1.29, 1.82) is 0 Å². The van der Waals surface area contributed by atoms with Gasteiger partial charge in [-0.1, -0.05) is 66.7 Å². The van der Waals surface area contributed by atoms with E-state index in [1.54, 1.807) is 6.92 Å². The van der Waals surface area contributed by atoms with Crippen molar-refractivity contribution in [2.24, 2.45) is 0 Å². The number of benzene rings is 2. The number of nitrogens with zero attached hydrogens (tertiary/aromatic N) is 1. The van der Waals surface area contributed by atoms with Crippen molar-refractivity contribution in [3.63, 3.8) is 0 Å². The largest absolute Gasteiger partial charge is 0.405 e. The quantitative estimate of drug-likeness (QED) is 0.487. The predicted molar refractivity (Wildman–Crippen MR) is 119 cm³/mol. The molecule has 0 bridgehead atoms. The third-order valence-corrected chi connectivity index (χ3v) is 9.02. The average molecular weight is 421 g/mol. The van der Waals surface area contributed by atoms with Crippen LogP contribution in [0.15, 0.2) is 88.6 Å². The second-order valence-electron chi connectivity index (χ2n) is 7.50. The summed E-state index contributed by atoms with van der Waals surface area (Å²) in [7, 11) is -2.43. The lowest BCUT2D eigenvalue weighted by Crippen LogP contribution is -2.59. The van der Waals surface area contributed by atoms with E-state index in [0.29, 0.717) is 12.2 Å². The smallest absolute Gasteiger partial charge is 0.330 e. The van der Waals surface area contributed by atoms with Crippen LogP contribution in [-0.2, 0) is 9.16 Å². The molecule has 0 amide bonds. The van der Waals surface area contributed by atoms with E-state index in [1.807, 2.05) is 48.6 Å². The van der Waals surface area contributed by atoms with E-state index < -0.39 is 20.2 Å². The molecule has 154 valence electrons. The second-order valence-corrected chi connectivity index (χ2v) is 11.0. The molecule has 4 rings (SSSR count). The van der Waals surface area contributed by atoms with Crippen LogP contribution in [-0.4, -0.2) is 30.6 Å². The molecule has 2 heterocycles. The van der Waals surface area contributed by atoms with Crippen LogP contribution in [0.2, 0.25) is 6.55 Å². The van der Waals surface area contributed by atoms with Gasteiger partial charge in [-0.15, -0.1) is 0 Å². The zero-order valence-electron chi connectivity index (χ0n) is 16.9. The summed E-state index contributed by atoms with van der Waals surface area (Å²) in [6.07, 6.45) is 4.39. The van der Waals surface area contributed by atoms with Crippen LogP contribution < -0.4 is 21.6 Å². The molecule has 0 saturated carbocycles. The number of aromatic amines is 1. The van der Waals surface area contributed by atoms with Gasteiger partial charge in [0.2, 0.25) is 0 Å². The number of aryl methyl sites for hydroxylation is 1. The molecule has 0 saturated heterocycles. The Morgan fingerprint density at radius 1 is 1.00 bits per heavy atom. The molecule has 1 N–H and O–H groups in total. The van der Waals surface area contributed by atoms with Crippen molar-refractivity contribution in [2.45, 2.75) is 25.8 Å². The molecule has 0 spiro atoms. The van der Waals surface area contributed by atoms with Crippen LogP contribution in [0.4, 0.5) is 0 Å². The molecule has 3 aromatic rings. The van der Waals surface area contributed by atoms with Crippen molar-refractivity contribution in [3.05, 3.63) is 105 Å². The molecule has 0 aliphatic carbocycles. The van der Waals surface area contributed by atoms with Crippen LogP contribution in [0.3, 0.4) is 0 Å². The van der Waals surface area contributed by atoms with E-state index >= 15 is 0 Å². The molecule has 6 nitrogen and oxygen atoms in total. The van der Waals surface area contributed by atoms with Crippen LogP contribution in [0.5, 0.6) is 0 Å². The summed E-state index contributed by atoms with van der Waals surface area (Å²) in [6.45, 7) is 4.21. The van der Waals surface area contributed by atoms with Gasteiger partial charge < -0.3 is 9.16 Å². The Balaban J connectivity index is 1.52. The number of H-pyrrole nitrogens is 1. The standard InChI is InChI=1S/C23H24N2O4Si/c1-17-15-25(23(27)24-22(17)26)21-14-13-18(29-21)16-28-30(2,19-9-5-3-6-10-19)20-11-7-4-8-12-20/h3-15,18,21H,16H2,1-2H3,(H,24,26,27)/t18-,21+/m0/s1. The Morgan fingerprint density at radius 3 is 2.20 bits per heavy atom. The first-order chi connectivity index (χ1) is 14.5. The number of ether oxygens (including phenoxy) is 1. The predicted octanol–water partition coefficient (Wildman–Crippen LogP) is 1.70. The fraction of sp³-hybridized carbons (Fsp3) is 0.217. The Labute approximate surface area is 175 Å². The first-order valence-corrected chi connectivity index (χ1v) is 12.3. The maximum absolute atomic E-state index is 12.1. The summed E-state index contributed by atoms with van der Waals surface area (Å²) >= 11 is 0. The SMILES string of the molecule is Cc1cn([C@H]2C=C[C@@H](CO[Si](C)(c3ccccc3)c3ccccc3)O2)c(=O)[nH]c1=O. The molecule has 1 aliphatic rings. The van der Waals surface area contributed by atoms with Crippen LogP contribution >= 0.6 is 0 Å². The number of hydrogen-bond acceptors (Lipinski definition) is 4. The van der Waals surface area contributed by atoms with E-state index in [0.717, 1.165) is 0 Å². The van der Waals surface area contributed by atoms with Crippen molar-refractivity contribution < 1.29 is 9.16 Å². The third-order valence-electron chi connectivity index (χ3n) is 5.41. The third kappa shape index (κ3) is 4.00. The van der Waals surface area contributed by atoms with Gasteiger partial charge in [0, 0.05) is 11.8 Å². The van der Waals surface area contributed by atoms with Crippen molar-refractivity contribution in [3.8, 4) is 0 Å². The van der Waals surface area contributed by atoms with E-state index in [9.17, 15) is 9.59 Å². The minimum Gasteiger partial charge on any atom is -0.405 e. The normalized spacial score (nSPS) is 18.6. The fourth-order valence-corrected chi connectivity index (χ4v) is 6.43. The average Bonchev–Trinajstić information content (AvgIpc) is 3.24. The lowest BCUT2D eigenvalue weighted by molar-refractivity contribution is -0.00630. The monoisotopic (exact) mass is 420 g/mol. The van der Waals surface area contributed by atoms with Gasteiger partial charge in [0.05, 0.1) is 6.61 Å². The highest BCUT2D eigenvalue weighted by Gasteiger charge is 2.35. The molecule has 2 atom stereocenters. The molecule has 7 heteroatoms. The lowest BCUT2D eigenvalue weighted by atomic mass is 10.3. The van der Waals surface area contributed by atoms with Gasteiger partial charge in [-0.3, -0.25) is 14.3 Å². The first kappa shape index (κ1) is 20.3. The maximum atomic E-state index is 12.1. The maximum Gasteiger partial charge on any atom is 0.330 e. The highest BCUT2D eigenvalue weighted by molar-refractivity contribution is 6.96. The fourth-order valence-electron chi connectivity index (χ4n) is 3.61. The minimum atomic E-state index is -2.43. The van der Waals surface area contributed by atoms with Crippen molar-refractivity contribution in [2.75, 3.05) is 6.61 Å². The highest BCUT2D eigenvalue weighted by atomic mass is 28.4. The Hall–Kier alpha value is -3.00. The van der Waals surface area contributed by atoms with Crippen LogP contribution in [0, 0.1) is 6.92 Å². The molecule has 1 aromatic heterocycles. The van der Waals surface area contributed by atoms with E-state index in [2.05, 4.69) is 35.8 Å². The highest BCUT2D eigenvalue weighted by Crippen LogP contribution is 2.21. The summed E-state index contributed by atoms with van der Waals surface area (Å²) in [6, 6.07) is 20.5. The number of nitrogens with one attached hydrogen (secondary N) is 1. The molecule has 0 radical (unpaired) electrons. The molecule has 2 aromatic carbocycles. The first-order valence-electron chi connectivity index (χ1n) is 9.88. The van der Waals surface area contributed by atoms with Crippen molar-refractivity contribution in [1.82, 2.24) is 9.55 Å². The summed E-state index contributed by atoms with van der Waals surface area (Å²) in [4.78, 5) is 26.1. The number of aromatic nitrogens is 2. The zero-order valence-corrected chi connectivity index (χ0v) is 17.9. The van der Waals surface area contributed by atoms with Gasteiger partial charge >= 0.3 is 5.69 Å². The zero-order chi connectivity index (χ0) is 21.1. The van der Waals surface area contributed by atoms with Crippen molar-refractivity contribution >= 4 is 18.7 Å². The summed E-state index contributed by atoms with van der Waals surface area (Å²) in [5.74, 6) is 0. The Bertz CT molecular complexity index is 1120. The second kappa shape index (κ2) is 8.39. The number of hydrogen-bond donors (Lipinski definition) is 1. The van der Waals surface area contributed by atoms with E-state index in [1.165, 1.54) is 21.1 Å². The molecule has 1 aliphatic heterocycles. The molecule has 30 heavy (non-hydrogen) atoms.